The molecule has 0 aliphatic rings. The minimum atomic E-state index is -0.444. The fraction of sp³-hybridized carbons (Fsp3) is 0.583. The van der Waals surface area contributed by atoms with Gasteiger partial charge in [0.1, 0.15) is 5.60 Å². The second kappa shape index (κ2) is 11.0. The molecule has 5 nitrogen and oxygen atoms in total. The van der Waals surface area contributed by atoms with Gasteiger partial charge in [-0.3, -0.25) is 9.59 Å². The molecule has 1 unspecified atom stereocenters. The largest absolute Gasteiger partial charge is 0.460 e. The van der Waals surface area contributed by atoms with E-state index in [4.69, 9.17) is 4.74 Å². The van der Waals surface area contributed by atoms with E-state index in [0.29, 0.717) is 17.9 Å². The summed E-state index contributed by atoms with van der Waals surface area (Å²) in [5.74, 6) is 0.154. The van der Waals surface area contributed by atoms with Crippen molar-refractivity contribution < 1.29 is 14.3 Å². The van der Waals surface area contributed by atoms with Gasteiger partial charge in [0, 0.05) is 44.0 Å². The van der Waals surface area contributed by atoms with Crippen LogP contribution in [0.1, 0.15) is 69.8 Å². The maximum atomic E-state index is 12.2. The van der Waals surface area contributed by atoms with Crippen molar-refractivity contribution >= 4 is 24.7 Å². The summed E-state index contributed by atoms with van der Waals surface area (Å²) in [7, 11) is 3.67. The Bertz CT molecular complexity index is 809. The maximum absolute atomic E-state index is 12.2. The number of carbonyl (C=O) groups excluding carboxylic acids is 2. The number of ether oxygens (including phenoxy) is 1. The van der Waals surface area contributed by atoms with Crippen LogP contribution in [0.25, 0.3) is 12.8 Å². The lowest BCUT2D eigenvalue weighted by atomic mass is 9.99. The summed E-state index contributed by atoms with van der Waals surface area (Å²) in [5.41, 5.74) is 1.25. The third kappa shape index (κ3) is 7.92. The van der Waals surface area contributed by atoms with Crippen LogP contribution in [0.2, 0.25) is 0 Å². The molecule has 1 atom stereocenters. The van der Waals surface area contributed by atoms with E-state index in [1.807, 2.05) is 46.9 Å². The van der Waals surface area contributed by atoms with E-state index >= 15 is 0 Å². The molecule has 0 saturated heterocycles. The third-order valence-electron chi connectivity index (χ3n) is 4.92. The van der Waals surface area contributed by atoms with Crippen molar-refractivity contribution in [1.82, 2.24) is 10.2 Å². The normalized spacial score (nSPS) is 13.1. The highest BCUT2D eigenvalue weighted by Crippen LogP contribution is 2.16. The maximum Gasteiger partial charge on any atom is 0.306 e. The zero-order chi connectivity index (χ0) is 22.2. The molecule has 5 heteroatoms. The van der Waals surface area contributed by atoms with Crippen LogP contribution in [-0.2, 0) is 16.0 Å². The Labute approximate surface area is 175 Å². The van der Waals surface area contributed by atoms with Gasteiger partial charge in [-0.15, -0.1) is 0 Å². The first kappa shape index (κ1) is 24.7. The summed E-state index contributed by atoms with van der Waals surface area (Å²) in [5, 5.41) is 4.61. The Morgan fingerprint density at radius 3 is 2.45 bits per heavy atom. The molecule has 29 heavy (non-hydrogen) atoms. The van der Waals surface area contributed by atoms with Gasteiger partial charge in [0.2, 0.25) is 0 Å². The Kier molecular flexibility index (Phi) is 9.41. The lowest BCUT2D eigenvalue weighted by Crippen LogP contribution is -2.35. The van der Waals surface area contributed by atoms with E-state index in [2.05, 4.69) is 29.9 Å². The minimum Gasteiger partial charge on any atom is -0.460 e. The van der Waals surface area contributed by atoms with Gasteiger partial charge in [-0.2, -0.15) is 0 Å². The van der Waals surface area contributed by atoms with E-state index in [0.717, 1.165) is 41.8 Å². The van der Waals surface area contributed by atoms with Gasteiger partial charge in [-0.25, -0.2) is 0 Å². The van der Waals surface area contributed by atoms with Crippen LogP contribution in [0.15, 0.2) is 12.1 Å². The van der Waals surface area contributed by atoms with Crippen LogP contribution in [-0.4, -0.2) is 43.0 Å². The fourth-order valence-corrected chi connectivity index (χ4v) is 3.42. The van der Waals surface area contributed by atoms with E-state index in [9.17, 15) is 9.59 Å². The number of amides is 1. The van der Waals surface area contributed by atoms with Gasteiger partial charge in [0.25, 0.3) is 5.91 Å². The lowest BCUT2D eigenvalue weighted by molar-refractivity contribution is -0.155. The van der Waals surface area contributed by atoms with Crippen molar-refractivity contribution in [3.8, 4) is 0 Å². The second-order valence-electron chi connectivity index (χ2n) is 8.57. The molecule has 0 aromatic heterocycles. The first-order valence-electron chi connectivity index (χ1n) is 10.5. The van der Waals surface area contributed by atoms with Gasteiger partial charge < -0.3 is 15.0 Å². The average Bonchev–Trinajstić information content (AvgIpc) is 2.64. The Morgan fingerprint density at radius 2 is 1.93 bits per heavy atom. The number of rotatable bonds is 9. The molecule has 1 amide bonds. The monoisotopic (exact) mass is 402 g/mol. The molecule has 1 aromatic carbocycles. The van der Waals surface area contributed by atoms with Crippen molar-refractivity contribution in [2.75, 3.05) is 20.6 Å². The van der Waals surface area contributed by atoms with Crippen molar-refractivity contribution in [2.45, 2.75) is 65.9 Å². The Balaban J connectivity index is 2.97. The van der Waals surface area contributed by atoms with Crippen LogP contribution in [0, 0.1) is 5.92 Å². The molecule has 0 radical (unpaired) electrons. The molecular weight excluding hydrogens is 364 g/mol. The molecule has 1 N–H and O–H groups in total. The fourth-order valence-electron chi connectivity index (χ4n) is 3.42. The lowest BCUT2D eigenvalue weighted by Gasteiger charge is -2.23. The van der Waals surface area contributed by atoms with Gasteiger partial charge >= 0.3 is 5.97 Å². The number of hydrogen-bond donors (Lipinski definition) is 1. The molecule has 0 saturated carbocycles. The molecular formula is C24H38N2O3. The van der Waals surface area contributed by atoms with E-state index in [1.165, 1.54) is 0 Å². The van der Waals surface area contributed by atoms with E-state index in [-0.39, 0.29) is 11.9 Å². The predicted molar refractivity (Wildman–Crippen MR) is 120 cm³/mol. The molecule has 0 spiro atoms. The second-order valence-corrected chi connectivity index (χ2v) is 8.57. The molecule has 0 heterocycles. The predicted octanol–water partition coefficient (Wildman–Crippen LogP) is 2.84. The van der Waals surface area contributed by atoms with Gasteiger partial charge in [0.15, 0.2) is 0 Å². The van der Waals surface area contributed by atoms with Gasteiger partial charge in [-0.1, -0.05) is 32.9 Å². The minimum absolute atomic E-state index is 0.0806. The number of esters is 1. The summed E-state index contributed by atoms with van der Waals surface area (Å²) in [6.45, 7) is 14.8. The number of carbonyl (C=O) groups is 2. The van der Waals surface area contributed by atoms with Gasteiger partial charge in [-0.05, 0) is 56.4 Å². The van der Waals surface area contributed by atoms with Crippen molar-refractivity contribution in [3.63, 3.8) is 0 Å². The quantitative estimate of drug-likeness (QED) is 0.646. The van der Waals surface area contributed by atoms with E-state index < -0.39 is 5.60 Å². The number of nitrogens with one attached hydrogen (secondary N) is 1. The first-order valence-corrected chi connectivity index (χ1v) is 10.5. The Hall–Kier alpha value is -2.30. The smallest absolute Gasteiger partial charge is 0.306 e. The average molecular weight is 403 g/mol. The third-order valence-corrected chi connectivity index (χ3v) is 4.92. The standard InChI is InChI=1S/C24H38N2O3/c1-9-18(12-14-22(27)29-24(4,5)6)15-26(8)16-21-17(3)11-13-20(19(21)10-2)23(28)25-7/h11,13,16,18H,3,9-10,12,14-15H2,1-2,4-8H3,(H,25,28)/b21-16+. The zero-order valence-corrected chi connectivity index (χ0v) is 19.2. The molecule has 0 aliphatic heterocycles. The molecule has 0 fully saturated rings. The van der Waals surface area contributed by atoms with Crippen LogP contribution >= 0.6 is 0 Å². The molecule has 162 valence electrons. The van der Waals surface area contributed by atoms with Crippen molar-refractivity contribution in [1.29, 1.82) is 0 Å². The molecule has 0 aliphatic carbocycles. The van der Waals surface area contributed by atoms with Gasteiger partial charge in [0.05, 0.1) is 0 Å². The summed E-state index contributed by atoms with van der Waals surface area (Å²) >= 11 is 0. The summed E-state index contributed by atoms with van der Waals surface area (Å²) in [4.78, 5) is 26.4. The van der Waals surface area contributed by atoms with Crippen molar-refractivity contribution in [2.24, 2.45) is 5.92 Å². The highest BCUT2D eigenvalue weighted by molar-refractivity contribution is 5.95. The zero-order valence-electron chi connectivity index (χ0n) is 19.2. The molecule has 0 bridgehead atoms. The number of hydrogen-bond acceptors (Lipinski definition) is 4. The molecule has 1 aromatic rings. The highest BCUT2D eigenvalue weighted by atomic mass is 16.6. The molecule has 1 rings (SSSR count). The topological polar surface area (TPSA) is 58.6 Å². The highest BCUT2D eigenvalue weighted by Gasteiger charge is 2.18. The Morgan fingerprint density at radius 1 is 1.28 bits per heavy atom. The van der Waals surface area contributed by atoms with Crippen LogP contribution in [0.3, 0.4) is 0 Å². The summed E-state index contributed by atoms with van der Waals surface area (Å²) in [6.07, 6.45) is 5.03. The van der Waals surface area contributed by atoms with E-state index in [1.54, 1.807) is 7.05 Å². The van der Waals surface area contributed by atoms with Crippen molar-refractivity contribution in [3.05, 3.63) is 33.7 Å². The number of benzene rings is 1. The van der Waals surface area contributed by atoms with Crippen LogP contribution in [0.5, 0.6) is 0 Å². The van der Waals surface area contributed by atoms with Crippen LogP contribution in [0.4, 0.5) is 0 Å². The summed E-state index contributed by atoms with van der Waals surface area (Å²) < 4.78 is 5.42. The number of nitrogens with zero attached hydrogens (tertiary/aromatic N) is 1. The first-order chi connectivity index (χ1) is 13.5. The SMILES string of the molecule is C=c1ccc(C(=O)NC)c(CC)/c1=C/N(C)CC(CC)CCC(=O)OC(C)(C)C. The summed E-state index contributed by atoms with van der Waals surface area (Å²) in [6, 6.07) is 3.73. The van der Waals surface area contributed by atoms with Crippen LogP contribution < -0.4 is 15.8 Å².